The van der Waals surface area contributed by atoms with Gasteiger partial charge in [0, 0.05) is 18.9 Å². The van der Waals surface area contributed by atoms with Crippen molar-refractivity contribution in [2.45, 2.75) is 38.6 Å². The normalized spacial score (nSPS) is 14.7. The van der Waals surface area contributed by atoms with Gasteiger partial charge < -0.3 is 10.1 Å². The molecular weight excluding hydrogens is 222 g/mol. The minimum Gasteiger partial charge on any atom is -0.493 e. The van der Waals surface area contributed by atoms with Crippen molar-refractivity contribution in [3.63, 3.8) is 0 Å². The Hall–Kier alpha value is -1.46. The van der Waals surface area contributed by atoms with Crippen LogP contribution in [0.2, 0.25) is 0 Å². The Labute approximate surface area is 110 Å². The Bertz CT molecular complexity index is 433. The number of hydrogen-bond acceptors (Lipinski definition) is 2. The van der Waals surface area contributed by atoms with E-state index in [1.165, 1.54) is 11.1 Å². The molecule has 1 aliphatic rings. The molecule has 1 N–H and O–H groups in total. The lowest BCUT2D eigenvalue weighted by atomic mass is 10.1. The van der Waals surface area contributed by atoms with Crippen LogP contribution in [0.1, 0.15) is 30.9 Å². The summed E-state index contributed by atoms with van der Waals surface area (Å²) in [5.41, 5.74) is 2.73. The Morgan fingerprint density at radius 2 is 2.39 bits per heavy atom. The van der Waals surface area contributed by atoms with Crippen molar-refractivity contribution >= 4 is 0 Å². The molecule has 0 bridgehead atoms. The molecule has 18 heavy (non-hydrogen) atoms. The lowest BCUT2D eigenvalue weighted by molar-refractivity contribution is 0.357. The van der Waals surface area contributed by atoms with Crippen LogP contribution >= 0.6 is 0 Å². The van der Waals surface area contributed by atoms with Crippen molar-refractivity contribution in [1.82, 2.24) is 5.32 Å². The predicted molar refractivity (Wildman–Crippen MR) is 74.9 cm³/mol. The van der Waals surface area contributed by atoms with Crippen LogP contribution in [-0.4, -0.2) is 19.2 Å². The molecule has 1 aromatic carbocycles. The highest BCUT2D eigenvalue weighted by Gasteiger charge is 2.11. The lowest BCUT2D eigenvalue weighted by Crippen LogP contribution is -2.29. The van der Waals surface area contributed by atoms with Gasteiger partial charge in [0.1, 0.15) is 5.75 Å². The molecule has 0 radical (unpaired) electrons. The van der Waals surface area contributed by atoms with E-state index in [1.807, 2.05) is 0 Å². The number of rotatable bonds is 6. The Balaban J connectivity index is 1.82. The molecular formula is C16H21NO. The second kappa shape index (κ2) is 6.47. The van der Waals surface area contributed by atoms with Crippen LogP contribution < -0.4 is 10.1 Å². The number of benzene rings is 1. The molecule has 0 saturated heterocycles. The highest BCUT2D eigenvalue weighted by Crippen LogP contribution is 2.25. The maximum absolute atomic E-state index is 5.51. The zero-order valence-corrected chi connectivity index (χ0v) is 11.0. The average Bonchev–Trinajstić information content (AvgIpc) is 2.85. The zero-order chi connectivity index (χ0) is 12.8. The topological polar surface area (TPSA) is 21.3 Å². The summed E-state index contributed by atoms with van der Waals surface area (Å²) < 4.78 is 5.51. The van der Waals surface area contributed by atoms with Crippen LogP contribution in [-0.2, 0) is 12.8 Å². The van der Waals surface area contributed by atoms with Gasteiger partial charge in [0.15, 0.2) is 0 Å². The van der Waals surface area contributed by atoms with Gasteiger partial charge in [0.2, 0.25) is 0 Å². The molecule has 0 aliphatic carbocycles. The number of nitrogens with one attached hydrogen (secondary N) is 1. The first-order valence-corrected chi connectivity index (χ1v) is 6.75. The van der Waals surface area contributed by atoms with E-state index in [1.54, 1.807) is 0 Å². The van der Waals surface area contributed by atoms with Crippen LogP contribution in [0.3, 0.4) is 0 Å². The van der Waals surface area contributed by atoms with Crippen LogP contribution in [0.4, 0.5) is 0 Å². The Morgan fingerprint density at radius 3 is 3.17 bits per heavy atom. The van der Waals surface area contributed by atoms with Crippen LogP contribution in [0.5, 0.6) is 5.75 Å². The summed E-state index contributed by atoms with van der Waals surface area (Å²) in [6.45, 7) is 3.98. The molecule has 0 spiro atoms. The molecule has 0 aromatic heterocycles. The third-order valence-electron chi connectivity index (χ3n) is 3.46. The quantitative estimate of drug-likeness (QED) is 0.775. The van der Waals surface area contributed by atoms with Crippen molar-refractivity contribution in [2.75, 3.05) is 13.2 Å². The van der Waals surface area contributed by atoms with Gasteiger partial charge in [-0.05, 0) is 36.6 Å². The van der Waals surface area contributed by atoms with E-state index in [2.05, 4.69) is 36.4 Å². The summed E-state index contributed by atoms with van der Waals surface area (Å²) >= 11 is 0. The third-order valence-corrected chi connectivity index (χ3v) is 3.46. The Morgan fingerprint density at radius 1 is 1.50 bits per heavy atom. The SMILES string of the molecule is C#CCC(CC)NCCc1ccc2c(c1)CCO2. The predicted octanol–water partition coefficient (Wildman–Crippen LogP) is 2.56. The molecule has 96 valence electrons. The van der Waals surface area contributed by atoms with Crippen molar-refractivity contribution in [1.29, 1.82) is 0 Å². The smallest absolute Gasteiger partial charge is 0.122 e. The summed E-state index contributed by atoms with van der Waals surface area (Å²) in [6, 6.07) is 6.98. The fourth-order valence-corrected chi connectivity index (χ4v) is 2.32. The molecule has 1 aromatic rings. The van der Waals surface area contributed by atoms with Gasteiger partial charge in [0.05, 0.1) is 6.61 Å². The maximum Gasteiger partial charge on any atom is 0.122 e. The van der Waals surface area contributed by atoms with E-state index < -0.39 is 0 Å². The molecule has 1 aliphatic heterocycles. The monoisotopic (exact) mass is 243 g/mol. The van der Waals surface area contributed by atoms with Gasteiger partial charge in [-0.15, -0.1) is 12.3 Å². The number of ether oxygens (including phenoxy) is 1. The van der Waals surface area contributed by atoms with Crippen LogP contribution in [0.15, 0.2) is 18.2 Å². The lowest BCUT2D eigenvalue weighted by Gasteiger charge is -2.14. The molecule has 1 heterocycles. The van der Waals surface area contributed by atoms with Gasteiger partial charge >= 0.3 is 0 Å². The average molecular weight is 243 g/mol. The van der Waals surface area contributed by atoms with E-state index in [0.717, 1.165) is 44.6 Å². The fourth-order valence-electron chi connectivity index (χ4n) is 2.32. The first kappa shape index (κ1) is 13.0. The molecule has 1 unspecified atom stereocenters. The molecule has 2 nitrogen and oxygen atoms in total. The van der Waals surface area contributed by atoms with E-state index in [0.29, 0.717) is 6.04 Å². The fraction of sp³-hybridized carbons (Fsp3) is 0.500. The highest BCUT2D eigenvalue weighted by molar-refractivity contribution is 5.39. The molecule has 2 rings (SSSR count). The van der Waals surface area contributed by atoms with Gasteiger partial charge in [-0.1, -0.05) is 19.1 Å². The van der Waals surface area contributed by atoms with E-state index in [-0.39, 0.29) is 0 Å². The van der Waals surface area contributed by atoms with Crippen LogP contribution in [0.25, 0.3) is 0 Å². The molecule has 2 heteroatoms. The van der Waals surface area contributed by atoms with Crippen LogP contribution in [0, 0.1) is 12.3 Å². The van der Waals surface area contributed by atoms with E-state index in [4.69, 9.17) is 11.2 Å². The second-order valence-corrected chi connectivity index (χ2v) is 4.76. The summed E-state index contributed by atoms with van der Waals surface area (Å²) in [6.07, 6.45) is 9.34. The van der Waals surface area contributed by atoms with Crippen molar-refractivity contribution in [2.24, 2.45) is 0 Å². The van der Waals surface area contributed by atoms with Crippen molar-refractivity contribution in [3.8, 4) is 18.1 Å². The Kier molecular flexibility index (Phi) is 4.66. The van der Waals surface area contributed by atoms with Gasteiger partial charge in [-0.25, -0.2) is 0 Å². The summed E-state index contributed by atoms with van der Waals surface area (Å²) in [4.78, 5) is 0. The number of hydrogen-bond donors (Lipinski definition) is 1. The summed E-state index contributed by atoms with van der Waals surface area (Å²) in [7, 11) is 0. The largest absolute Gasteiger partial charge is 0.493 e. The molecule has 0 fully saturated rings. The van der Waals surface area contributed by atoms with E-state index in [9.17, 15) is 0 Å². The second-order valence-electron chi connectivity index (χ2n) is 4.76. The molecule has 0 saturated carbocycles. The number of terminal acetylenes is 1. The summed E-state index contributed by atoms with van der Waals surface area (Å²) in [5, 5.41) is 3.51. The summed E-state index contributed by atoms with van der Waals surface area (Å²) in [5.74, 6) is 3.78. The zero-order valence-electron chi connectivity index (χ0n) is 11.0. The van der Waals surface area contributed by atoms with E-state index >= 15 is 0 Å². The minimum atomic E-state index is 0.452. The first-order chi connectivity index (χ1) is 8.83. The van der Waals surface area contributed by atoms with Crippen molar-refractivity contribution < 1.29 is 4.74 Å². The molecule has 1 atom stereocenters. The van der Waals surface area contributed by atoms with Gasteiger partial charge in [-0.3, -0.25) is 0 Å². The minimum absolute atomic E-state index is 0.452. The first-order valence-electron chi connectivity index (χ1n) is 6.75. The van der Waals surface area contributed by atoms with Gasteiger partial charge in [-0.2, -0.15) is 0 Å². The number of fused-ring (bicyclic) bond motifs is 1. The van der Waals surface area contributed by atoms with Crippen molar-refractivity contribution in [3.05, 3.63) is 29.3 Å². The third kappa shape index (κ3) is 3.27. The van der Waals surface area contributed by atoms with Gasteiger partial charge in [0.25, 0.3) is 0 Å². The maximum atomic E-state index is 5.51. The molecule has 0 amide bonds. The standard InChI is InChI=1S/C16H21NO/c1-3-5-15(4-2)17-10-8-13-6-7-16-14(12-13)9-11-18-16/h1,6-7,12,15,17H,4-5,8-11H2,2H3. The highest BCUT2D eigenvalue weighted by atomic mass is 16.5.